The van der Waals surface area contributed by atoms with Crippen LogP contribution >= 0.6 is 0 Å². The third-order valence-electron chi connectivity index (χ3n) is 2.91. The molecule has 120 valence electrons. The highest BCUT2D eigenvalue weighted by molar-refractivity contribution is 5.86. The maximum absolute atomic E-state index is 12.9. The first-order valence-corrected chi connectivity index (χ1v) is 6.18. The molecule has 0 aliphatic carbocycles. The van der Waals surface area contributed by atoms with Crippen molar-refractivity contribution in [2.75, 3.05) is 0 Å². The molecule has 23 heavy (non-hydrogen) atoms. The van der Waals surface area contributed by atoms with Gasteiger partial charge in [0.25, 0.3) is 11.6 Å². The smallest absolute Gasteiger partial charge is 0.342 e. The predicted octanol–water partition coefficient (Wildman–Crippen LogP) is 1.62. The van der Waals surface area contributed by atoms with Crippen molar-refractivity contribution >= 4 is 5.97 Å². The number of carboxylic acids is 1. The summed E-state index contributed by atoms with van der Waals surface area (Å²) in [7, 11) is 0. The van der Waals surface area contributed by atoms with Crippen molar-refractivity contribution in [3.63, 3.8) is 0 Å². The van der Waals surface area contributed by atoms with E-state index in [4.69, 9.17) is 5.11 Å². The average Bonchev–Trinajstić information content (AvgIpc) is 2.48. The highest BCUT2D eigenvalue weighted by Gasteiger charge is 2.17. The Morgan fingerprint density at radius 1 is 1.17 bits per heavy atom. The van der Waals surface area contributed by atoms with E-state index in [1.165, 1.54) is 0 Å². The van der Waals surface area contributed by atoms with Crippen LogP contribution in [0.3, 0.4) is 0 Å². The van der Waals surface area contributed by atoms with Crippen molar-refractivity contribution in [2.45, 2.75) is 6.54 Å². The second-order valence-electron chi connectivity index (χ2n) is 4.39. The number of rotatable bonds is 4. The number of carboxylic acid groups (broad SMARTS) is 1. The number of hydrogen-bond acceptors (Lipinski definition) is 3. The number of nitrogens with zero attached hydrogens (tertiary/aromatic N) is 2. The van der Waals surface area contributed by atoms with Gasteiger partial charge >= 0.3 is 11.7 Å². The Morgan fingerprint density at radius 2 is 1.78 bits per heavy atom. The van der Waals surface area contributed by atoms with Crippen LogP contribution < -0.4 is 11.2 Å². The molecule has 6 nitrogen and oxygen atoms in total. The molecule has 1 aromatic carbocycles. The fraction of sp³-hybridized carbons (Fsp3) is 0.0714. The van der Waals surface area contributed by atoms with Gasteiger partial charge in [-0.1, -0.05) is 0 Å². The largest absolute Gasteiger partial charge is 0.477 e. The van der Waals surface area contributed by atoms with Crippen molar-refractivity contribution in [1.82, 2.24) is 9.13 Å². The second kappa shape index (κ2) is 6.34. The van der Waals surface area contributed by atoms with E-state index in [1.807, 2.05) is 0 Å². The minimum absolute atomic E-state index is 0.0806. The Hall–Kier alpha value is -3.10. The predicted molar refractivity (Wildman–Crippen MR) is 73.5 cm³/mol. The molecule has 0 unspecified atom stereocenters. The summed E-state index contributed by atoms with van der Waals surface area (Å²) in [6, 6.07) is 4.14. The summed E-state index contributed by atoms with van der Waals surface area (Å²) in [5, 5.41) is 9.02. The van der Waals surface area contributed by atoms with Gasteiger partial charge < -0.3 is 5.11 Å². The number of aromatic nitrogens is 2. The monoisotopic (exact) mass is 326 g/mol. The first kappa shape index (κ1) is 16.3. The van der Waals surface area contributed by atoms with Gasteiger partial charge in [-0.15, -0.1) is 0 Å². The fourth-order valence-electron chi connectivity index (χ4n) is 1.86. The van der Waals surface area contributed by atoms with Gasteiger partial charge in [0.2, 0.25) is 0 Å². The van der Waals surface area contributed by atoms with Crippen LogP contribution in [-0.2, 0) is 6.54 Å². The van der Waals surface area contributed by atoms with Gasteiger partial charge in [0, 0.05) is 12.3 Å². The van der Waals surface area contributed by atoms with Crippen LogP contribution in [0, 0.1) is 5.82 Å². The maximum atomic E-state index is 12.9. The van der Waals surface area contributed by atoms with E-state index < -0.39 is 41.2 Å². The van der Waals surface area contributed by atoms with Crippen LogP contribution in [0.4, 0.5) is 13.2 Å². The summed E-state index contributed by atoms with van der Waals surface area (Å²) in [6.45, 7) is -0.622. The number of carbonyl (C=O) groups is 1. The zero-order valence-corrected chi connectivity index (χ0v) is 11.4. The molecular formula is C14H9F3N2O4. The molecule has 1 heterocycles. The van der Waals surface area contributed by atoms with Crippen molar-refractivity contribution in [3.05, 3.63) is 74.8 Å². The summed E-state index contributed by atoms with van der Waals surface area (Å²) in [6.07, 6.45) is -0.979. The standard InChI is InChI=1S/C14H9F3N2O4/c15-8-1-3-9(4-2-8)19-12(20)10(13(21)22)7-18(14(19)23)6-5-11(16)17/h1-5,7H,6H2,(H,21,22). The van der Waals surface area contributed by atoms with E-state index >= 15 is 0 Å². The number of halogens is 3. The van der Waals surface area contributed by atoms with Gasteiger partial charge in [-0.05, 0) is 24.3 Å². The van der Waals surface area contributed by atoms with E-state index in [9.17, 15) is 27.6 Å². The molecule has 2 aromatic rings. The lowest BCUT2D eigenvalue weighted by Crippen LogP contribution is -2.41. The molecule has 0 aliphatic rings. The molecule has 0 saturated carbocycles. The van der Waals surface area contributed by atoms with Crippen LogP contribution in [0.25, 0.3) is 5.69 Å². The highest BCUT2D eigenvalue weighted by Crippen LogP contribution is 2.06. The van der Waals surface area contributed by atoms with E-state index in [1.54, 1.807) is 0 Å². The summed E-state index contributed by atoms with van der Waals surface area (Å²) in [5.74, 6) is -2.25. The summed E-state index contributed by atoms with van der Waals surface area (Å²) >= 11 is 0. The van der Waals surface area contributed by atoms with Gasteiger partial charge in [-0.3, -0.25) is 9.36 Å². The zero-order chi connectivity index (χ0) is 17.1. The first-order chi connectivity index (χ1) is 10.8. The summed E-state index contributed by atoms with van der Waals surface area (Å²) in [4.78, 5) is 35.5. The van der Waals surface area contributed by atoms with Crippen molar-refractivity contribution in [3.8, 4) is 5.69 Å². The molecule has 9 heteroatoms. The van der Waals surface area contributed by atoms with Crippen LogP contribution in [0.15, 0.2) is 52.2 Å². The molecule has 0 radical (unpaired) electrons. The number of aromatic carboxylic acids is 1. The number of allylic oxidation sites excluding steroid dienone is 1. The van der Waals surface area contributed by atoms with Crippen molar-refractivity contribution in [1.29, 1.82) is 0 Å². The Bertz CT molecular complexity index is 894. The Labute approximate surface area is 126 Å². The maximum Gasteiger partial charge on any atom is 0.342 e. The number of benzene rings is 1. The molecular weight excluding hydrogens is 317 g/mol. The van der Waals surface area contributed by atoms with Crippen LogP contribution in [-0.4, -0.2) is 20.2 Å². The SMILES string of the molecule is O=C(O)c1cn(CC=C(F)F)c(=O)n(-c2ccc(F)cc2)c1=O. The zero-order valence-electron chi connectivity index (χ0n) is 11.4. The van der Waals surface area contributed by atoms with Gasteiger partial charge in [-0.25, -0.2) is 18.5 Å². The van der Waals surface area contributed by atoms with Gasteiger partial charge in [0.15, 0.2) is 0 Å². The third-order valence-corrected chi connectivity index (χ3v) is 2.91. The second-order valence-corrected chi connectivity index (χ2v) is 4.39. The van der Waals surface area contributed by atoms with E-state index in [0.717, 1.165) is 24.3 Å². The van der Waals surface area contributed by atoms with Crippen LogP contribution in [0.5, 0.6) is 0 Å². The summed E-state index contributed by atoms with van der Waals surface area (Å²) < 4.78 is 38.4. The first-order valence-electron chi connectivity index (χ1n) is 6.18. The van der Waals surface area contributed by atoms with E-state index in [-0.39, 0.29) is 5.69 Å². The normalized spacial score (nSPS) is 10.4. The minimum atomic E-state index is -2.06. The van der Waals surface area contributed by atoms with E-state index in [2.05, 4.69) is 0 Å². The topological polar surface area (TPSA) is 81.3 Å². The number of hydrogen-bond donors (Lipinski definition) is 1. The van der Waals surface area contributed by atoms with Crippen molar-refractivity contribution < 1.29 is 23.1 Å². The van der Waals surface area contributed by atoms with Gasteiger partial charge in [-0.2, -0.15) is 8.78 Å². The highest BCUT2D eigenvalue weighted by atomic mass is 19.3. The molecule has 0 amide bonds. The quantitative estimate of drug-likeness (QED) is 0.926. The Morgan fingerprint density at radius 3 is 2.30 bits per heavy atom. The molecule has 1 N–H and O–H groups in total. The third kappa shape index (κ3) is 3.39. The molecule has 2 rings (SSSR count). The molecule has 0 bridgehead atoms. The molecule has 1 aromatic heterocycles. The van der Waals surface area contributed by atoms with E-state index in [0.29, 0.717) is 21.4 Å². The Balaban J connectivity index is 2.76. The van der Waals surface area contributed by atoms with Gasteiger partial charge in [0.1, 0.15) is 11.4 Å². The lowest BCUT2D eigenvalue weighted by molar-refractivity contribution is 0.0693. The van der Waals surface area contributed by atoms with Crippen LogP contribution in [0.2, 0.25) is 0 Å². The molecule has 0 saturated heterocycles. The van der Waals surface area contributed by atoms with Gasteiger partial charge in [0.05, 0.1) is 12.2 Å². The Kier molecular flexibility index (Phi) is 4.49. The minimum Gasteiger partial charge on any atom is -0.477 e. The lowest BCUT2D eigenvalue weighted by atomic mass is 10.3. The lowest BCUT2D eigenvalue weighted by Gasteiger charge is -2.10. The average molecular weight is 326 g/mol. The van der Waals surface area contributed by atoms with Crippen molar-refractivity contribution in [2.24, 2.45) is 0 Å². The summed E-state index contributed by atoms with van der Waals surface area (Å²) in [5.41, 5.74) is -3.02. The molecule has 0 atom stereocenters. The molecule has 0 fully saturated rings. The van der Waals surface area contributed by atoms with Crippen LogP contribution in [0.1, 0.15) is 10.4 Å². The molecule has 0 aliphatic heterocycles. The fourth-order valence-corrected chi connectivity index (χ4v) is 1.86. The molecule has 0 spiro atoms.